The molecule has 1 aromatic heterocycles. The van der Waals surface area contributed by atoms with E-state index in [4.69, 9.17) is 10.2 Å². The normalized spacial score (nSPS) is 18.4. The monoisotopic (exact) mass is 210 g/mol. The molecule has 0 aromatic carbocycles. The van der Waals surface area contributed by atoms with Crippen molar-refractivity contribution in [3.8, 4) is 0 Å². The Hall–Kier alpha value is -1.07. The van der Waals surface area contributed by atoms with E-state index < -0.39 is 0 Å². The van der Waals surface area contributed by atoms with Crippen LogP contribution in [0.25, 0.3) is 0 Å². The molecule has 1 aliphatic heterocycles. The lowest BCUT2D eigenvalue weighted by Crippen LogP contribution is -2.44. The number of hydrogen-bond acceptors (Lipinski definition) is 5. The summed E-state index contributed by atoms with van der Waals surface area (Å²) in [6.45, 7) is 4.71. The third-order valence-electron chi connectivity index (χ3n) is 2.71. The van der Waals surface area contributed by atoms with E-state index in [1.165, 1.54) is 0 Å². The van der Waals surface area contributed by atoms with Crippen molar-refractivity contribution >= 4 is 6.01 Å². The minimum atomic E-state index is 0.609. The molecule has 0 spiro atoms. The summed E-state index contributed by atoms with van der Waals surface area (Å²) in [5, 5.41) is 0. The van der Waals surface area contributed by atoms with Gasteiger partial charge in [0.2, 0.25) is 0 Å². The zero-order chi connectivity index (χ0) is 10.7. The van der Waals surface area contributed by atoms with Crippen LogP contribution in [0.4, 0.5) is 6.01 Å². The summed E-state index contributed by atoms with van der Waals surface area (Å²) >= 11 is 0. The van der Waals surface area contributed by atoms with Crippen LogP contribution in [0.15, 0.2) is 10.6 Å². The smallest absolute Gasteiger partial charge is 0.297 e. The molecule has 2 rings (SSSR count). The van der Waals surface area contributed by atoms with Gasteiger partial charge >= 0.3 is 0 Å². The Labute approximate surface area is 89.9 Å². The van der Waals surface area contributed by atoms with Gasteiger partial charge in [0, 0.05) is 32.6 Å². The highest BCUT2D eigenvalue weighted by Crippen LogP contribution is 2.16. The van der Waals surface area contributed by atoms with Crippen LogP contribution >= 0.6 is 0 Å². The molecule has 2 N–H and O–H groups in total. The quantitative estimate of drug-likeness (QED) is 0.756. The van der Waals surface area contributed by atoms with E-state index in [1.807, 2.05) is 0 Å². The van der Waals surface area contributed by atoms with Gasteiger partial charge in [-0.05, 0) is 13.6 Å². The maximum absolute atomic E-state index is 5.62. The molecule has 5 heteroatoms. The van der Waals surface area contributed by atoms with Crippen molar-refractivity contribution in [3.05, 3.63) is 12.0 Å². The number of nitrogens with zero attached hydrogens (tertiary/aromatic N) is 3. The summed E-state index contributed by atoms with van der Waals surface area (Å²) in [6.07, 6.45) is 2.54. The number of rotatable bonds is 3. The summed E-state index contributed by atoms with van der Waals surface area (Å²) < 4.78 is 5.62. The Morgan fingerprint density at radius 3 is 2.80 bits per heavy atom. The fraction of sp³-hybridized carbons (Fsp3) is 0.700. The van der Waals surface area contributed by atoms with Gasteiger partial charge in [-0.2, -0.15) is 0 Å². The maximum atomic E-state index is 5.62. The molecule has 0 saturated carbocycles. The zero-order valence-electron chi connectivity index (χ0n) is 9.15. The zero-order valence-corrected chi connectivity index (χ0v) is 9.15. The summed E-state index contributed by atoms with van der Waals surface area (Å²) in [4.78, 5) is 8.76. The first-order valence-electron chi connectivity index (χ1n) is 5.38. The summed E-state index contributed by atoms with van der Waals surface area (Å²) in [5.74, 6) is 0.881. The van der Waals surface area contributed by atoms with E-state index in [-0.39, 0.29) is 0 Å². The van der Waals surface area contributed by atoms with Gasteiger partial charge in [-0.1, -0.05) is 0 Å². The number of piperazine rings is 1. The molecule has 0 aliphatic carbocycles. The van der Waals surface area contributed by atoms with Gasteiger partial charge in [0.05, 0.1) is 6.20 Å². The van der Waals surface area contributed by atoms with E-state index in [0.717, 1.165) is 44.4 Å². The first kappa shape index (κ1) is 10.4. The third kappa shape index (κ3) is 2.49. The van der Waals surface area contributed by atoms with Gasteiger partial charge in [-0.3, -0.25) is 0 Å². The topological polar surface area (TPSA) is 58.5 Å². The average molecular weight is 210 g/mol. The van der Waals surface area contributed by atoms with E-state index in [9.17, 15) is 0 Å². The molecule has 0 atom stereocenters. The van der Waals surface area contributed by atoms with Gasteiger partial charge in [0.1, 0.15) is 5.76 Å². The lowest BCUT2D eigenvalue weighted by atomic mass is 10.3. The van der Waals surface area contributed by atoms with Crippen LogP contribution in [-0.4, -0.2) is 49.7 Å². The highest BCUT2D eigenvalue weighted by Gasteiger charge is 2.17. The SMILES string of the molecule is CN1CCN(c2ncc(CCN)o2)CC1. The van der Waals surface area contributed by atoms with E-state index in [2.05, 4.69) is 21.8 Å². The van der Waals surface area contributed by atoms with Crippen LogP contribution < -0.4 is 10.6 Å². The van der Waals surface area contributed by atoms with Crippen molar-refractivity contribution in [3.63, 3.8) is 0 Å². The summed E-state index contributed by atoms with van der Waals surface area (Å²) in [5.41, 5.74) is 5.46. The van der Waals surface area contributed by atoms with Gasteiger partial charge < -0.3 is 20.0 Å². The van der Waals surface area contributed by atoms with Crippen LogP contribution in [0.3, 0.4) is 0 Å². The van der Waals surface area contributed by atoms with Gasteiger partial charge in [-0.15, -0.1) is 0 Å². The van der Waals surface area contributed by atoms with Crippen molar-refractivity contribution in [1.82, 2.24) is 9.88 Å². The van der Waals surface area contributed by atoms with Crippen LogP contribution in [0.2, 0.25) is 0 Å². The molecule has 0 amide bonds. The highest BCUT2D eigenvalue weighted by molar-refractivity contribution is 5.27. The van der Waals surface area contributed by atoms with Crippen molar-refractivity contribution in [2.75, 3.05) is 44.7 Å². The molecule has 1 aromatic rings. The summed E-state index contributed by atoms with van der Waals surface area (Å²) in [6, 6.07) is 0.742. The first-order valence-corrected chi connectivity index (χ1v) is 5.38. The number of oxazole rings is 1. The largest absolute Gasteiger partial charge is 0.429 e. The van der Waals surface area contributed by atoms with Crippen molar-refractivity contribution in [1.29, 1.82) is 0 Å². The lowest BCUT2D eigenvalue weighted by Gasteiger charge is -2.31. The second-order valence-corrected chi connectivity index (χ2v) is 3.94. The van der Waals surface area contributed by atoms with Crippen LogP contribution in [0, 0.1) is 0 Å². The first-order chi connectivity index (χ1) is 7.29. The number of nitrogens with two attached hydrogens (primary N) is 1. The highest BCUT2D eigenvalue weighted by atomic mass is 16.4. The molecule has 1 aliphatic rings. The summed E-state index contributed by atoms with van der Waals surface area (Å²) in [7, 11) is 2.13. The molecule has 0 radical (unpaired) electrons. The molecule has 15 heavy (non-hydrogen) atoms. The minimum Gasteiger partial charge on any atom is -0.429 e. The molecule has 5 nitrogen and oxygen atoms in total. The standard InChI is InChI=1S/C10H18N4O/c1-13-4-6-14(7-5-13)10-12-8-9(15-10)2-3-11/h8H,2-7,11H2,1H3. The van der Waals surface area contributed by atoms with Crippen LogP contribution in [0.5, 0.6) is 0 Å². The van der Waals surface area contributed by atoms with Crippen molar-refractivity contribution in [2.45, 2.75) is 6.42 Å². The lowest BCUT2D eigenvalue weighted by molar-refractivity contribution is 0.303. The number of likely N-dealkylation sites (N-methyl/N-ethyl adjacent to an activating group) is 1. The Morgan fingerprint density at radius 1 is 1.40 bits per heavy atom. The van der Waals surface area contributed by atoms with E-state index >= 15 is 0 Å². The van der Waals surface area contributed by atoms with Crippen LogP contribution in [0.1, 0.15) is 5.76 Å². The second kappa shape index (κ2) is 4.63. The fourth-order valence-corrected chi connectivity index (χ4v) is 1.70. The maximum Gasteiger partial charge on any atom is 0.297 e. The number of aromatic nitrogens is 1. The van der Waals surface area contributed by atoms with E-state index in [0.29, 0.717) is 6.54 Å². The molecule has 0 unspecified atom stereocenters. The Morgan fingerprint density at radius 2 is 2.13 bits per heavy atom. The Kier molecular flexibility index (Phi) is 3.23. The Balaban J connectivity index is 1.96. The average Bonchev–Trinajstić information content (AvgIpc) is 2.68. The Bertz CT molecular complexity index is 304. The second-order valence-electron chi connectivity index (χ2n) is 3.94. The molecule has 0 bridgehead atoms. The van der Waals surface area contributed by atoms with Gasteiger partial charge in [-0.25, -0.2) is 4.98 Å². The molecule has 1 saturated heterocycles. The van der Waals surface area contributed by atoms with Gasteiger partial charge in [0.25, 0.3) is 6.01 Å². The molecular formula is C10H18N4O. The number of hydrogen-bond donors (Lipinski definition) is 1. The van der Waals surface area contributed by atoms with E-state index in [1.54, 1.807) is 6.20 Å². The predicted molar refractivity (Wildman–Crippen MR) is 59.0 cm³/mol. The third-order valence-corrected chi connectivity index (χ3v) is 2.71. The molecule has 2 heterocycles. The van der Waals surface area contributed by atoms with Crippen molar-refractivity contribution < 1.29 is 4.42 Å². The molecule has 1 fully saturated rings. The molecular weight excluding hydrogens is 192 g/mol. The fourth-order valence-electron chi connectivity index (χ4n) is 1.70. The number of anilines is 1. The minimum absolute atomic E-state index is 0.609. The van der Waals surface area contributed by atoms with Crippen molar-refractivity contribution in [2.24, 2.45) is 5.73 Å². The predicted octanol–water partition coefficient (Wildman–Crippen LogP) is -0.0724. The van der Waals surface area contributed by atoms with Crippen LogP contribution in [-0.2, 0) is 6.42 Å². The molecule has 84 valence electrons. The van der Waals surface area contributed by atoms with Gasteiger partial charge in [0.15, 0.2) is 0 Å².